The van der Waals surface area contributed by atoms with Crippen LogP contribution in [-0.2, 0) is 12.8 Å². The van der Waals surface area contributed by atoms with Gasteiger partial charge < -0.3 is 0 Å². The van der Waals surface area contributed by atoms with Crippen LogP contribution in [0, 0.1) is 0 Å². The molecule has 0 saturated carbocycles. The van der Waals surface area contributed by atoms with Crippen LogP contribution in [0.2, 0.25) is 0 Å². The van der Waals surface area contributed by atoms with Gasteiger partial charge in [-0.2, -0.15) is 0 Å². The number of unbranched alkanes of at least 4 members (excludes halogenated alkanes) is 4. The molecule has 0 N–H and O–H groups in total. The lowest BCUT2D eigenvalue weighted by Gasteiger charge is -2.05. The van der Waals surface area contributed by atoms with Gasteiger partial charge in [0.2, 0.25) is 0 Å². The molecule has 0 fully saturated rings. The Labute approximate surface area is 134 Å². The van der Waals surface area contributed by atoms with Gasteiger partial charge >= 0.3 is 0 Å². The van der Waals surface area contributed by atoms with Gasteiger partial charge in [-0.15, -0.1) is 0 Å². The van der Waals surface area contributed by atoms with E-state index in [1.165, 1.54) is 37.7 Å². The third-order valence-corrected chi connectivity index (χ3v) is 4.05. The Bertz CT molecular complexity index is 554. The van der Waals surface area contributed by atoms with Gasteiger partial charge in [-0.3, -0.25) is 4.79 Å². The standard InChI is InChI=1S/C21H26O/c1-2-3-4-5-7-10-18-13-15-20(16-14-18)21(22)17-19-11-8-6-9-12-19/h6,8-9,11-16H,2-5,7,10,17H2,1H3. The van der Waals surface area contributed by atoms with Crippen molar-refractivity contribution in [2.45, 2.75) is 51.9 Å². The van der Waals surface area contributed by atoms with Crippen molar-refractivity contribution in [3.63, 3.8) is 0 Å². The molecule has 1 heteroatoms. The van der Waals surface area contributed by atoms with Crippen molar-refractivity contribution in [3.8, 4) is 0 Å². The zero-order chi connectivity index (χ0) is 15.6. The number of rotatable bonds is 9. The molecule has 0 radical (unpaired) electrons. The molecule has 0 saturated heterocycles. The summed E-state index contributed by atoms with van der Waals surface area (Å²) in [5.41, 5.74) is 3.24. The topological polar surface area (TPSA) is 17.1 Å². The second-order valence-corrected chi connectivity index (χ2v) is 5.95. The van der Waals surface area contributed by atoms with E-state index in [1.807, 2.05) is 42.5 Å². The summed E-state index contributed by atoms with van der Waals surface area (Å²) in [7, 11) is 0. The number of hydrogen-bond donors (Lipinski definition) is 0. The Balaban J connectivity index is 1.82. The lowest BCUT2D eigenvalue weighted by molar-refractivity contribution is 0.0993. The number of carbonyl (C=O) groups excluding carboxylic acids is 1. The average molecular weight is 294 g/mol. The van der Waals surface area contributed by atoms with Crippen LogP contribution >= 0.6 is 0 Å². The fraction of sp³-hybridized carbons (Fsp3) is 0.381. The van der Waals surface area contributed by atoms with Gasteiger partial charge in [0, 0.05) is 12.0 Å². The lowest BCUT2D eigenvalue weighted by atomic mass is 10.00. The van der Waals surface area contributed by atoms with E-state index in [-0.39, 0.29) is 5.78 Å². The summed E-state index contributed by atoms with van der Waals surface area (Å²) >= 11 is 0. The van der Waals surface area contributed by atoms with Crippen molar-refractivity contribution >= 4 is 5.78 Å². The van der Waals surface area contributed by atoms with Crippen LogP contribution in [0.15, 0.2) is 54.6 Å². The number of ketones is 1. The number of carbonyl (C=O) groups is 1. The van der Waals surface area contributed by atoms with E-state index in [1.54, 1.807) is 0 Å². The molecular formula is C21H26O. The monoisotopic (exact) mass is 294 g/mol. The van der Waals surface area contributed by atoms with E-state index in [4.69, 9.17) is 0 Å². The molecule has 2 aromatic rings. The van der Waals surface area contributed by atoms with Gasteiger partial charge in [-0.1, -0.05) is 87.2 Å². The third kappa shape index (κ3) is 5.48. The highest BCUT2D eigenvalue weighted by Gasteiger charge is 2.06. The van der Waals surface area contributed by atoms with Gasteiger partial charge in [0.25, 0.3) is 0 Å². The molecule has 2 aromatic carbocycles. The maximum atomic E-state index is 12.3. The van der Waals surface area contributed by atoms with Crippen LogP contribution in [0.25, 0.3) is 0 Å². The van der Waals surface area contributed by atoms with Crippen molar-refractivity contribution in [2.24, 2.45) is 0 Å². The highest BCUT2D eigenvalue weighted by atomic mass is 16.1. The fourth-order valence-electron chi connectivity index (χ4n) is 2.67. The second kappa shape index (κ2) is 9.19. The third-order valence-electron chi connectivity index (χ3n) is 4.05. The Morgan fingerprint density at radius 3 is 2.14 bits per heavy atom. The maximum absolute atomic E-state index is 12.3. The van der Waals surface area contributed by atoms with Crippen LogP contribution < -0.4 is 0 Å². The van der Waals surface area contributed by atoms with E-state index in [0.29, 0.717) is 6.42 Å². The SMILES string of the molecule is CCCCCCCc1ccc(C(=O)Cc2ccccc2)cc1. The van der Waals surface area contributed by atoms with Crippen LogP contribution in [0.4, 0.5) is 0 Å². The summed E-state index contributed by atoms with van der Waals surface area (Å²) in [6, 6.07) is 18.1. The first-order valence-electron chi connectivity index (χ1n) is 8.45. The lowest BCUT2D eigenvalue weighted by Crippen LogP contribution is -2.03. The molecule has 1 nitrogen and oxygen atoms in total. The Morgan fingerprint density at radius 2 is 1.45 bits per heavy atom. The summed E-state index contributed by atoms with van der Waals surface area (Å²) in [6.45, 7) is 2.24. The van der Waals surface area contributed by atoms with Crippen molar-refractivity contribution in [2.75, 3.05) is 0 Å². The largest absolute Gasteiger partial charge is 0.294 e. The number of Topliss-reactive ketones (excluding diaryl/α,β-unsaturated/α-hetero) is 1. The van der Waals surface area contributed by atoms with Crippen molar-refractivity contribution in [1.29, 1.82) is 0 Å². The Hall–Kier alpha value is -1.89. The predicted octanol–water partition coefficient (Wildman–Crippen LogP) is 5.62. The normalized spacial score (nSPS) is 10.6. The molecule has 0 spiro atoms. The molecule has 0 unspecified atom stereocenters. The van der Waals surface area contributed by atoms with Crippen molar-refractivity contribution in [3.05, 3.63) is 71.3 Å². The first-order valence-corrected chi connectivity index (χ1v) is 8.45. The van der Waals surface area contributed by atoms with E-state index < -0.39 is 0 Å². The van der Waals surface area contributed by atoms with E-state index in [0.717, 1.165) is 17.5 Å². The minimum Gasteiger partial charge on any atom is -0.294 e. The summed E-state index contributed by atoms with van der Waals surface area (Å²) < 4.78 is 0. The fourth-order valence-corrected chi connectivity index (χ4v) is 2.67. The number of benzene rings is 2. The number of hydrogen-bond acceptors (Lipinski definition) is 1. The second-order valence-electron chi connectivity index (χ2n) is 5.95. The number of aryl methyl sites for hydroxylation is 1. The van der Waals surface area contributed by atoms with Crippen LogP contribution in [0.5, 0.6) is 0 Å². The maximum Gasteiger partial charge on any atom is 0.167 e. The molecule has 0 aliphatic rings. The molecule has 0 heterocycles. The minimum atomic E-state index is 0.195. The van der Waals surface area contributed by atoms with Gasteiger partial charge in [-0.05, 0) is 24.0 Å². The molecular weight excluding hydrogens is 268 g/mol. The van der Waals surface area contributed by atoms with Crippen LogP contribution in [-0.4, -0.2) is 5.78 Å². The summed E-state index contributed by atoms with van der Waals surface area (Å²) in [5, 5.41) is 0. The molecule has 116 valence electrons. The highest BCUT2D eigenvalue weighted by molar-refractivity contribution is 5.97. The average Bonchev–Trinajstić information content (AvgIpc) is 2.56. The van der Waals surface area contributed by atoms with Crippen molar-refractivity contribution < 1.29 is 4.79 Å². The zero-order valence-electron chi connectivity index (χ0n) is 13.6. The first kappa shape index (κ1) is 16.5. The quantitative estimate of drug-likeness (QED) is 0.433. The molecule has 0 aliphatic heterocycles. The molecule has 0 aliphatic carbocycles. The van der Waals surface area contributed by atoms with E-state index in [9.17, 15) is 4.79 Å². The molecule has 0 atom stereocenters. The summed E-state index contributed by atoms with van der Waals surface area (Å²) in [5.74, 6) is 0.195. The van der Waals surface area contributed by atoms with Gasteiger partial charge in [-0.25, -0.2) is 0 Å². The Morgan fingerprint density at radius 1 is 0.773 bits per heavy atom. The molecule has 0 aromatic heterocycles. The molecule has 0 bridgehead atoms. The van der Waals surface area contributed by atoms with Crippen LogP contribution in [0.3, 0.4) is 0 Å². The molecule has 0 amide bonds. The van der Waals surface area contributed by atoms with Crippen LogP contribution in [0.1, 0.15) is 60.5 Å². The molecule has 2 rings (SSSR count). The van der Waals surface area contributed by atoms with Gasteiger partial charge in [0.05, 0.1) is 0 Å². The van der Waals surface area contributed by atoms with Crippen molar-refractivity contribution in [1.82, 2.24) is 0 Å². The van der Waals surface area contributed by atoms with E-state index in [2.05, 4.69) is 19.1 Å². The van der Waals surface area contributed by atoms with E-state index >= 15 is 0 Å². The smallest absolute Gasteiger partial charge is 0.167 e. The van der Waals surface area contributed by atoms with Gasteiger partial charge in [0.15, 0.2) is 5.78 Å². The van der Waals surface area contributed by atoms with Gasteiger partial charge in [0.1, 0.15) is 0 Å². The minimum absolute atomic E-state index is 0.195. The highest BCUT2D eigenvalue weighted by Crippen LogP contribution is 2.12. The zero-order valence-corrected chi connectivity index (χ0v) is 13.6. The first-order chi connectivity index (χ1) is 10.8. The molecule has 22 heavy (non-hydrogen) atoms. The summed E-state index contributed by atoms with van der Waals surface area (Å²) in [6.07, 6.45) is 8.13. The summed E-state index contributed by atoms with van der Waals surface area (Å²) in [4.78, 5) is 12.3. The Kier molecular flexibility index (Phi) is 6.89. The predicted molar refractivity (Wildman–Crippen MR) is 93.4 cm³/mol.